The summed E-state index contributed by atoms with van der Waals surface area (Å²) < 4.78 is 11.3. The molecule has 4 heteroatoms. The molecule has 0 atom stereocenters. The minimum atomic E-state index is 0.718. The van der Waals surface area contributed by atoms with Crippen LogP contribution in [0, 0.1) is 0 Å². The van der Waals surface area contributed by atoms with Gasteiger partial charge in [-0.2, -0.15) is 0 Å². The zero-order valence-electron chi connectivity index (χ0n) is 9.78. The Kier molecular flexibility index (Phi) is 6.45. The Labute approximate surface area is 105 Å². The maximum atomic E-state index is 5.11. The van der Waals surface area contributed by atoms with Crippen molar-refractivity contribution < 1.29 is 9.47 Å². The molecule has 0 saturated carbocycles. The van der Waals surface area contributed by atoms with E-state index in [9.17, 15) is 0 Å². The van der Waals surface area contributed by atoms with E-state index in [-0.39, 0.29) is 0 Å². The van der Waals surface area contributed by atoms with E-state index in [2.05, 4.69) is 33.0 Å². The lowest BCUT2D eigenvalue weighted by atomic mass is 10.3. The highest BCUT2D eigenvalue weighted by Gasteiger charge is 2.05. The summed E-state index contributed by atoms with van der Waals surface area (Å²) >= 11 is 3.48. The van der Waals surface area contributed by atoms with Crippen LogP contribution in [0.15, 0.2) is 28.7 Å². The maximum absolute atomic E-state index is 5.11. The van der Waals surface area contributed by atoms with Crippen LogP contribution in [0.1, 0.15) is 0 Å². The summed E-state index contributed by atoms with van der Waals surface area (Å²) in [4.78, 5) is 2.25. The van der Waals surface area contributed by atoms with E-state index in [4.69, 9.17) is 9.47 Å². The van der Waals surface area contributed by atoms with Gasteiger partial charge in [0.25, 0.3) is 0 Å². The Balaban J connectivity index is 2.66. The van der Waals surface area contributed by atoms with Gasteiger partial charge in [0.05, 0.1) is 13.2 Å². The minimum Gasteiger partial charge on any atom is -0.383 e. The molecule has 0 aromatic heterocycles. The number of anilines is 1. The van der Waals surface area contributed by atoms with Crippen molar-refractivity contribution in [2.75, 3.05) is 45.4 Å². The molecular formula is C12H18BrNO2. The first-order valence-electron chi connectivity index (χ1n) is 5.26. The topological polar surface area (TPSA) is 21.7 Å². The van der Waals surface area contributed by atoms with Crippen LogP contribution in [0.5, 0.6) is 0 Å². The van der Waals surface area contributed by atoms with E-state index < -0.39 is 0 Å². The van der Waals surface area contributed by atoms with Gasteiger partial charge in [-0.05, 0) is 18.2 Å². The molecule has 0 bridgehead atoms. The summed E-state index contributed by atoms with van der Waals surface area (Å²) in [6, 6.07) is 8.25. The fourth-order valence-electron chi connectivity index (χ4n) is 1.45. The molecule has 0 unspecified atom stereocenters. The molecule has 0 fully saturated rings. The van der Waals surface area contributed by atoms with Gasteiger partial charge >= 0.3 is 0 Å². The second kappa shape index (κ2) is 7.65. The molecule has 16 heavy (non-hydrogen) atoms. The first-order valence-corrected chi connectivity index (χ1v) is 6.05. The van der Waals surface area contributed by atoms with Crippen molar-refractivity contribution in [3.05, 3.63) is 28.7 Å². The lowest BCUT2D eigenvalue weighted by Gasteiger charge is -2.24. The predicted molar refractivity (Wildman–Crippen MR) is 70.1 cm³/mol. The Morgan fingerprint density at radius 3 is 2.25 bits per heavy atom. The summed E-state index contributed by atoms with van der Waals surface area (Å²) in [7, 11) is 3.44. The molecule has 90 valence electrons. The summed E-state index contributed by atoms with van der Waals surface area (Å²) in [5, 5.41) is 0. The van der Waals surface area contributed by atoms with Gasteiger partial charge in [0.1, 0.15) is 0 Å². The van der Waals surface area contributed by atoms with Crippen molar-refractivity contribution in [2.45, 2.75) is 0 Å². The molecule has 0 aliphatic heterocycles. The zero-order valence-corrected chi connectivity index (χ0v) is 11.4. The van der Waals surface area contributed by atoms with Crippen LogP contribution >= 0.6 is 15.9 Å². The second-order valence-corrected chi connectivity index (χ2v) is 4.37. The van der Waals surface area contributed by atoms with Gasteiger partial charge in [0, 0.05) is 37.5 Å². The quantitative estimate of drug-likeness (QED) is 0.769. The van der Waals surface area contributed by atoms with E-state index in [1.165, 1.54) is 5.69 Å². The smallest absolute Gasteiger partial charge is 0.0637 e. The summed E-state index contributed by atoms with van der Waals surface area (Å²) in [5.74, 6) is 0. The zero-order chi connectivity index (χ0) is 11.8. The van der Waals surface area contributed by atoms with E-state index in [0.717, 1.165) is 30.8 Å². The van der Waals surface area contributed by atoms with Gasteiger partial charge in [-0.15, -0.1) is 0 Å². The van der Waals surface area contributed by atoms with Gasteiger partial charge < -0.3 is 14.4 Å². The van der Waals surface area contributed by atoms with E-state index in [0.29, 0.717) is 0 Å². The largest absolute Gasteiger partial charge is 0.383 e. The standard InChI is InChI=1S/C12H18BrNO2/c1-15-8-6-14(7-9-16-2)12-5-3-4-11(13)10-12/h3-5,10H,6-9H2,1-2H3. The number of benzene rings is 1. The van der Waals surface area contributed by atoms with Crippen molar-refractivity contribution in [3.8, 4) is 0 Å². The number of ether oxygens (including phenoxy) is 2. The molecule has 0 amide bonds. The molecule has 0 saturated heterocycles. The van der Waals surface area contributed by atoms with Crippen molar-refractivity contribution in [1.29, 1.82) is 0 Å². The molecule has 0 spiro atoms. The lowest BCUT2D eigenvalue weighted by Crippen LogP contribution is -2.30. The van der Waals surface area contributed by atoms with Gasteiger partial charge in [0.2, 0.25) is 0 Å². The highest BCUT2D eigenvalue weighted by atomic mass is 79.9. The number of hydrogen-bond acceptors (Lipinski definition) is 3. The SMILES string of the molecule is COCCN(CCOC)c1cccc(Br)c1. The number of halogens is 1. The van der Waals surface area contributed by atoms with E-state index >= 15 is 0 Å². The second-order valence-electron chi connectivity index (χ2n) is 3.45. The number of methoxy groups -OCH3 is 2. The highest BCUT2D eigenvalue weighted by Crippen LogP contribution is 2.19. The number of nitrogens with zero attached hydrogens (tertiary/aromatic N) is 1. The van der Waals surface area contributed by atoms with Crippen molar-refractivity contribution >= 4 is 21.6 Å². The number of rotatable bonds is 7. The Morgan fingerprint density at radius 1 is 1.12 bits per heavy atom. The molecule has 0 heterocycles. The van der Waals surface area contributed by atoms with Crippen LogP contribution in [0.4, 0.5) is 5.69 Å². The lowest BCUT2D eigenvalue weighted by molar-refractivity contribution is 0.190. The molecule has 3 nitrogen and oxygen atoms in total. The maximum Gasteiger partial charge on any atom is 0.0637 e. The van der Waals surface area contributed by atoms with Gasteiger partial charge in [-0.3, -0.25) is 0 Å². The summed E-state index contributed by atoms with van der Waals surface area (Å²) in [6.07, 6.45) is 0. The normalized spacial score (nSPS) is 10.4. The van der Waals surface area contributed by atoms with Crippen LogP contribution in [0.2, 0.25) is 0 Å². The fraction of sp³-hybridized carbons (Fsp3) is 0.500. The monoisotopic (exact) mass is 287 g/mol. The molecular weight excluding hydrogens is 270 g/mol. The fourth-order valence-corrected chi connectivity index (χ4v) is 1.83. The molecule has 0 aliphatic carbocycles. The average Bonchev–Trinajstić information content (AvgIpc) is 2.29. The first kappa shape index (κ1) is 13.5. The summed E-state index contributed by atoms with van der Waals surface area (Å²) in [5.41, 5.74) is 1.18. The molecule has 0 aliphatic rings. The summed E-state index contributed by atoms with van der Waals surface area (Å²) in [6.45, 7) is 3.18. The third-order valence-corrected chi connectivity index (χ3v) is 2.80. The molecule has 1 rings (SSSR count). The molecule has 1 aromatic carbocycles. The van der Waals surface area contributed by atoms with E-state index in [1.807, 2.05) is 12.1 Å². The third kappa shape index (κ3) is 4.51. The average molecular weight is 288 g/mol. The van der Waals surface area contributed by atoms with Crippen molar-refractivity contribution in [3.63, 3.8) is 0 Å². The predicted octanol–water partition coefficient (Wildman–Crippen LogP) is 2.55. The Hall–Kier alpha value is -0.580. The Bertz CT molecular complexity index is 299. The van der Waals surface area contributed by atoms with Gasteiger partial charge in [0.15, 0.2) is 0 Å². The van der Waals surface area contributed by atoms with Gasteiger partial charge in [-0.1, -0.05) is 22.0 Å². The van der Waals surface area contributed by atoms with Crippen molar-refractivity contribution in [1.82, 2.24) is 0 Å². The molecule has 0 radical (unpaired) electrons. The third-order valence-electron chi connectivity index (χ3n) is 2.30. The van der Waals surface area contributed by atoms with Crippen LogP contribution < -0.4 is 4.90 Å². The van der Waals surface area contributed by atoms with Crippen LogP contribution in [-0.4, -0.2) is 40.5 Å². The van der Waals surface area contributed by atoms with E-state index in [1.54, 1.807) is 14.2 Å². The Morgan fingerprint density at radius 2 is 1.75 bits per heavy atom. The first-order chi connectivity index (χ1) is 7.77. The van der Waals surface area contributed by atoms with Crippen LogP contribution in [0.25, 0.3) is 0 Å². The van der Waals surface area contributed by atoms with Crippen LogP contribution in [-0.2, 0) is 9.47 Å². The van der Waals surface area contributed by atoms with Crippen molar-refractivity contribution in [2.24, 2.45) is 0 Å². The molecule has 0 N–H and O–H groups in total. The highest BCUT2D eigenvalue weighted by molar-refractivity contribution is 9.10. The van der Waals surface area contributed by atoms with Crippen LogP contribution in [0.3, 0.4) is 0 Å². The number of hydrogen-bond donors (Lipinski definition) is 0. The van der Waals surface area contributed by atoms with Gasteiger partial charge in [-0.25, -0.2) is 0 Å². The minimum absolute atomic E-state index is 0.718. The molecule has 1 aromatic rings.